The number of aromatic hydroxyl groups is 1. The van der Waals surface area contributed by atoms with E-state index in [-0.39, 0.29) is 11.0 Å². The second-order valence-electron chi connectivity index (χ2n) is 2.75. The zero-order chi connectivity index (χ0) is 10.9. The van der Waals surface area contributed by atoms with E-state index >= 15 is 0 Å². The van der Waals surface area contributed by atoms with Gasteiger partial charge in [0.2, 0.25) is 5.75 Å². The third-order valence-corrected chi connectivity index (χ3v) is 1.69. The first-order valence-corrected chi connectivity index (χ1v) is 3.71. The van der Waals surface area contributed by atoms with E-state index < -0.39 is 22.1 Å². The lowest BCUT2D eigenvalue weighted by Crippen LogP contribution is -2.08. The molecule has 0 saturated heterocycles. The smallest absolute Gasteiger partial charge is 0.310 e. The number of ketones is 1. The fraction of sp³-hybridized carbons (Fsp3) is 0.125. The summed E-state index contributed by atoms with van der Waals surface area (Å²) in [5.74, 6) is -1.12. The molecule has 0 aliphatic heterocycles. The molecule has 14 heavy (non-hydrogen) atoms. The Morgan fingerprint density at radius 3 is 2.57 bits per heavy atom. The van der Waals surface area contributed by atoms with E-state index in [0.717, 1.165) is 6.07 Å². The lowest BCUT2D eigenvalue weighted by molar-refractivity contribution is -0.385. The van der Waals surface area contributed by atoms with Gasteiger partial charge in [-0.25, -0.2) is 0 Å². The van der Waals surface area contributed by atoms with Crippen molar-refractivity contribution >= 4 is 24.8 Å². The van der Waals surface area contributed by atoms with Crippen molar-refractivity contribution in [1.82, 2.24) is 0 Å². The van der Waals surface area contributed by atoms with Crippen LogP contribution < -0.4 is 5.46 Å². The minimum Gasteiger partial charge on any atom is -0.502 e. The van der Waals surface area contributed by atoms with E-state index in [1.165, 1.54) is 13.0 Å². The van der Waals surface area contributed by atoms with Crippen molar-refractivity contribution in [3.8, 4) is 5.75 Å². The van der Waals surface area contributed by atoms with E-state index in [4.69, 9.17) is 7.85 Å². The molecule has 0 aromatic heterocycles. The van der Waals surface area contributed by atoms with Crippen molar-refractivity contribution in [2.45, 2.75) is 6.92 Å². The van der Waals surface area contributed by atoms with Crippen LogP contribution in [0.3, 0.4) is 0 Å². The highest BCUT2D eigenvalue weighted by Gasteiger charge is 2.19. The molecule has 1 rings (SSSR count). The molecule has 2 radical (unpaired) electrons. The van der Waals surface area contributed by atoms with Crippen LogP contribution in [-0.2, 0) is 0 Å². The standard InChI is InChI=1S/C8H6BNO4/c1-4(11)6-2-5(9)3-7(8(6)12)10(13)14/h2-3,12H,1H3. The molecular formula is C8H6BNO4. The van der Waals surface area contributed by atoms with Crippen molar-refractivity contribution in [2.75, 3.05) is 0 Å². The van der Waals surface area contributed by atoms with E-state index in [1.54, 1.807) is 0 Å². The lowest BCUT2D eigenvalue weighted by atomic mass is 9.92. The fourth-order valence-corrected chi connectivity index (χ4v) is 1.05. The van der Waals surface area contributed by atoms with Crippen LogP contribution in [0.25, 0.3) is 0 Å². The molecule has 0 bridgehead atoms. The Morgan fingerprint density at radius 2 is 2.14 bits per heavy atom. The third-order valence-electron chi connectivity index (χ3n) is 1.69. The topological polar surface area (TPSA) is 80.4 Å². The summed E-state index contributed by atoms with van der Waals surface area (Å²) in [5.41, 5.74) is -0.633. The molecule has 0 amide bonds. The first kappa shape index (κ1) is 10.2. The lowest BCUT2D eigenvalue weighted by Gasteiger charge is -2.03. The minimum atomic E-state index is -0.794. The van der Waals surface area contributed by atoms with Gasteiger partial charge in [-0.1, -0.05) is 11.5 Å². The molecule has 1 aromatic carbocycles. The molecule has 5 nitrogen and oxygen atoms in total. The Labute approximate surface area is 80.9 Å². The van der Waals surface area contributed by atoms with Gasteiger partial charge < -0.3 is 5.11 Å². The third kappa shape index (κ3) is 1.73. The Balaban J connectivity index is 3.47. The van der Waals surface area contributed by atoms with Gasteiger partial charge in [0.1, 0.15) is 7.85 Å². The summed E-state index contributed by atoms with van der Waals surface area (Å²) >= 11 is 0. The van der Waals surface area contributed by atoms with Crippen LogP contribution in [0.1, 0.15) is 17.3 Å². The number of phenols is 1. The van der Waals surface area contributed by atoms with Crippen LogP contribution in [-0.4, -0.2) is 23.7 Å². The Bertz CT molecular complexity index is 381. The van der Waals surface area contributed by atoms with Crippen molar-refractivity contribution in [2.24, 2.45) is 0 Å². The summed E-state index contributed by atoms with van der Waals surface area (Å²) in [5, 5.41) is 19.8. The second kappa shape index (κ2) is 3.49. The molecule has 0 saturated carbocycles. The number of Topliss-reactive ketones (excluding diaryl/α,β-unsaturated/α-hetero) is 1. The average Bonchev–Trinajstić information content (AvgIpc) is 2.07. The van der Waals surface area contributed by atoms with Gasteiger partial charge >= 0.3 is 5.69 Å². The number of carbonyl (C=O) groups excluding carboxylic acids is 1. The van der Waals surface area contributed by atoms with Crippen molar-refractivity contribution in [1.29, 1.82) is 0 Å². The van der Waals surface area contributed by atoms with Gasteiger partial charge in [0.25, 0.3) is 0 Å². The van der Waals surface area contributed by atoms with Crippen LogP contribution in [0, 0.1) is 10.1 Å². The quantitative estimate of drug-likeness (QED) is 0.315. The van der Waals surface area contributed by atoms with Crippen LogP contribution in [0.4, 0.5) is 5.69 Å². The fourth-order valence-electron chi connectivity index (χ4n) is 1.05. The number of nitrogens with zero attached hydrogens (tertiary/aromatic N) is 1. The normalized spacial score (nSPS) is 9.79. The largest absolute Gasteiger partial charge is 0.502 e. The second-order valence-corrected chi connectivity index (χ2v) is 2.75. The van der Waals surface area contributed by atoms with E-state index in [0.29, 0.717) is 0 Å². The van der Waals surface area contributed by atoms with Crippen molar-refractivity contribution in [3.63, 3.8) is 0 Å². The Kier molecular flexibility index (Phi) is 2.55. The average molecular weight is 191 g/mol. The number of hydrogen-bond acceptors (Lipinski definition) is 4. The monoisotopic (exact) mass is 191 g/mol. The van der Waals surface area contributed by atoms with Crippen LogP contribution in [0.15, 0.2) is 12.1 Å². The molecule has 0 aliphatic carbocycles. The maximum Gasteiger partial charge on any atom is 0.310 e. The molecule has 0 atom stereocenters. The van der Waals surface area contributed by atoms with Gasteiger partial charge in [0.15, 0.2) is 5.78 Å². The maximum atomic E-state index is 11.0. The summed E-state index contributed by atoms with van der Waals surface area (Å²) in [6.07, 6.45) is 0. The molecule has 1 N–H and O–H groups in total. The first-order chi connectivity index (χ1) is 6.43. The SMILES string of the molecule is [B]c1cc(C(C)=O)c(O)c([N+](=O)[O-])c1. The highest BCUT2D eigenvalue weighted by atomic mass is 16.6. The molecule has 70 valence electrons. The van der Waals surface area contributed by atoms with Gasteiger partial charge in [-0.05, 0) is 6.92 Å². The number of nitro benzene ring substituents is 1. The summed E-state index contributed by atoms with van der Waals surface area (Å²) < 4.78 is 0. The highest BCUT2D eigenvalue weighted by Crippen LogP contribution is 2.28. The number of nitro groups is 1. The number of hydrogen-bond donors (Lipinski definition) is 1. The van der Waals surface area contributed by atoms with E-state index in [9.17, 15) is 20.0 Å². The molecule has 0 fully saturated rings. The Hall–Kier alpha value is -1.85. The molecule has 0 heterocycles. The van der Waals surface area contributed by atoms with Crippen LogP contribution in [0.5, 0.6) is 5.75 Å². The van der Waals surface area contributed by atoms with Gasteiger partial charge in [0.05, 0.1) is 10.5 Å². The molecular weight excluding hydrogens is 185 g/mol. The molecule has 0 spiro atoms. The van der Waals surface area contributed by atoms with Gasteiger partial charge in [-0.2, -0.15) is 0 Å². The number of benzene rings is 1. The Morgan fingerprint density at radius 1 is 1.57 bits per heavy atom. The number of rotatable bonds is 2. The van der Waals surface area contributed by atoms with Gasteiger partial charge in [-0.15, -0.1) is 0 Å². The molecule has 6 heteroatoms. The summed E-state index contributed by atoms with van der Waals surface area (Å²) in [6, 6.07) is 2.20. The van der Waals surface area contributed by atoms with Crippen molar-refractivity contribution in [3.05, 3.63) is 27.8 Å². The maximum absolute atomic E-state index is 11.0. The zero-order valence-electron chi connectivity index (χ0n) is 7.35. The van der Waals surface area contributed by atoms with Crippen molar-refractivity contribution < 1.29 is 14.8 Å². The predicted molar refractivity (Wildman–Crippen MR) is 50.2 cm³/mol. The van der Waals surface area contributed by atoms with Gasteiger partial charge in [0, 0.05) is 6.07 Å². The highest BCUT2D eigenvalue weighted by molar-refractivity contribution is 6.33. The number of carbonyl (C=O) groups is 1. The zero-order valence-corrected chi connectivity index (χ0v) is 7.35. The summed E-state index contributed by atoms with van der Waals surface area (Å²) in [4.78, 5) is 20.6. The van der Waals surface area contributed by atoms with E-state index in [2.05, 4.69) is 0 Å². The molecule has 0 unspecified atom stereocenters. The predicted octanol–water partition coefficient (Wildman–Crippen LogP) is 0.297. The number of phenolic OH excluding ortho intramolecular Hbond substituents is 1. The molecule has 0 aliphatic rings. The van der Waals surface area contributed by atoms with Gasteiger partial charge in [-0.3, -0.25) is 14.9 Å². The summed E-state index contributed by atoms with van der Waals surface area (Å²) in [6.45, 7) is 1.19. The van der Waals surface area contributed by atoms with Crippen LogP contribution >= 0.6 is 0 Å². The summed E-state index contributed by atoms with van der Waals surface area (Å²) in [7, 11) is 5.34. The first-order valence-electron chi connectivity index (χ1n) is 3.71. The molecule has 1 aromatic rings. The van der Waals surface area contributed by atoms with E-state index in [1.807, 2.05) is 0 Å². The minimum absolute atomic E-state index is 0.0692. The van der Waals surface area contributed by atoms with Crippen LogP contribution in [0.2, 0.25) is 0 Å².